The molecule has 0 atom stereocenters. The molecule has 1 saturated heterocycles. The molecule has 6 nitrogen and oxygen atoms in total. The van der Waals surface area contributed by atoms with Crippen molar-refractivity contribution in [3.8, 4) is 11.4 Å². The van der Waals surface area contributed by atoms with Crippen molar-refractivity contribution >= 4 is 27.3 Å². The second kappa shape index (κ2) is 7.74. The summed E-state index contributed by atoms with van der Waals surface area (Å²) in [5.41, 5.74) is 0.967. The minimum absolute atomic E-state index is 0.656. The van der Waals surface area contributed by atoms with Crippen LogP contribution >= 0.6 is 27.3 Å². The zero-order valence-electron chi connectivity index (χ0n) is 13.8. The smallest absolute Gasteiger partial charge is 0.206 e. The van der Waals surface area contributed by atoms with E-state index in [9.17, 15) is 0 Å². The molecule has 0 aliphatic carbocycles. The van der Waals surface area contributed by atoms with Crippen LogP contribution in [0.4, 0.5) is 0 Å². The Labute approximate surface area is 159 Å². The van der Waals surface area contributed by atoms with Crippen molar-refractivity contribution < 1.29 is 0 Å². The van der Waals surface area contributed by atoms with Gasteiger partial charge >= 0.3 is 0 Å². The van der Waals surface area contributed by atoms with Gasteiger partial charge in [0.1, 0.15) is 6.67 Å². The molecule has 130 valence electrons. The number of benzene rings is 1. The zero-order chi connectivity index (χ0) is 17.1. The Balaban J connectivity index is 1.32. The number of halogens is 1. The normalized spacial score (nSPS) is 16.4. The Kier molecular flexibility index (Phi) is 5.21. The van der Waals surface area contributed by atoms with Crippen LogP contribution in [0.3, 0.4) is 0 Å². The zero-order valence-corrected chi connectivity index (χ0v) is 16.2. The van der Waals surface area contributed by atoms with Crippen LogP contribution in [0.5, 0.6) is 0 Å². The summed E-state index contributed by atoms with van der Waals surface area (Å²) in [4.78, 5) is 7.99. The summed E-state index contributed by atoms with van der Waals surface area (Å²) < 4.78 is 0.983. The summed E-state index contributed by atoms with van der Waals surface area (Å²) in [5, 5.41) is 15.1. The third-order valence-corrected chi connectivity index (χ3v) is 5.87. The summed E-state index contributed by atoms with van der Waals surface area (Å²) in [7, 11) is 0. The van der Waals surface area contributed by atoms with Crippen molar-refractivity contribution in [3.05, 3.63) is 51.1 Å². The summed E-state index contributed by atoms with van der Waals surface area (Å²) in [6.45, 7) is 5.94. The Morgan fingerprint density at radius 3 is 2.56 bits per heavy atom. The number of thiophene rings is 1. The number of tetrazole rings is 1. The summed E-state index contributed by atoms with van der Waals surface area (Å²) in [6, 6.07) is 12.3. The van der Waals surface area contributed by atoms with Crippen LogP contribution in [0, 0.1) is 0 Å². The van der Waals surface area contributed by atoms with Crippen molar-refractivity contribution in [2.45, 2.75) is 13.2 Å². The fraction of sp³-hybridized carbons (Fsp3) is 0.353. The monoisotopic (exact) mass is 418 g/mol. The highest BCUT2D eigenvalue weighted by atomic mass is 79.9. The van der Waals surface area contributed by atoms with Gasteiger partial charge in [-0.05, 0) is 28.8 Å². The van der Waals surface area contributed by atoms with E-state index in [-0.39, 0.29) is 0 Å². The SMILES string of the molecule is Brc1ccccc1-c1nnn(CN2CCN(Cc3cccs3)CC2)n1. The molecule has 1 aromatic carbocycles. The van der Waals surface area contributed by atoms with E-state index in [4.69, 9.17) is 0 Å². The molecule has 0 radical (unpaired) electrons. The molecule has 3 heterocycles. The molecule has 2 aromatic heterocycles. The van der Waals surface area contributed by atoms with Gasteiger partial charge in [-0.3, -0.25) is 9.80 Å². The third kappa shape index (κ3) is 4.14. The van der Waals surface area contributed by atoms with Crippen LogP contribution < -0.4 is 0 Å². The molecule has 0 N–H and O–H groups in total. The average Bonchev–Trinajstić information content (AvgIpc) is 3.29. The van der Waals surface area contributed by atoms with E-state index in [0.717, 1.165) is 42.8 Å². The summed E-state index contributed by atoms with van der Waals surface area (Å²) >= 11 is 5.37. The van der Waals surface area contributed by atoms with Crippen molar-refractivity contribution in [3.63, 3.8) is 0 Å². The maximum atomic E-state index is 4.53. The lowest BCUT2D eigenvalue weighted by molar-refractivity contribution is 0.0936. The molecule has 1 aliphatic heterocycles. The average molecular weight is 419 g/mol. The van der Waals surface area contributed by atoms with Crippen LogP contribution in [0.1, 0.15) is 4.88 Å². The molecule has 1 fully saturated rings. The van der Waals surface area contributed by atoms with E-state index in [2.05, 4.69) is 58.7 Å². The van der Waals surface area contributed by atoms with E-state index in [1.807, 2.05) is 35.6 Å². The first-order valence-electron chi connectivity index (χ1n) is 8.28. The first-order chi connectivity index (χ1) is 12.3. The van der Waals surface area contributed by atoms with Gasteiger partial charge in [0.05, 0.1) is 0 Å². The minimum atomic E-state index is 0.656. The maximum Gasteiger partial charge on any atom is 0.206 e. The summed E-state index contributed by atoms with van der Waals surface area (Å²) in [5.74, 6) is 0.656. The van der Waals surface area contributed by atoms with Crippen molar-refractivity contribution in [2.24, 2.45) is 0 Å². The Bertz CT molecular complexity index is 810. The third-order valence-electron chi connectivity index (χ3n) is 4.32. The lowest BCUT2D eigenvalue weighted by Crippen LogP contribution is -2.46. The van der Waals surface area contributed by atoms with Crippen LogP contribution in [-0.2, 0) is 13.2 Å². The highest BCUT2D eigenvalue weighted by Crippen LogP contribution is 2.24. The van der Waals surface area contributed by atoms with Crippen molar-refractivity contribution in [2.75, 3.05) is 26.2 Å². The van der Waals surface area contributed by atoms with E-state index in [1.165, 1.54) is 4.88 Å². The molecule has 1 aliphatic rings. The van der Waals surface area contributed by atoms with Gasteiger partial charge in [-0.2, -0.15) is 0 Å². The molecule has 0 amide bonds. The largest absolute Gasteiger partial charge is 0.296 e. The Morgan fingerprint density at radius 1 is 1.00 bits per heavy atom. The summed E-state index contributed by atoms with van der Waals surface area (Å²) in [6.07, 6.45) is 0. The van der Waals surface area contributed by atoms with Gasteiger partial charge in [0.25, 0.3) is 0 Å². The van der Waals surface area contributed by atoms with Crippen LogP contribution in [0.25, 0.3) is 11.4 Å². The van der Waals surface area contributed by atoms with Gasteiger partial charge in [-0.15, -0.1) is 26.3 Å². The van der Waals surface area contributed by atoms with E-state index in [0.29, 0.717) is 12.5 Å². The molecular weight excluding hydrogens is 400 g/mol. The number of hydrogen-bond acceptors (Lipinski definition) is 6. The van der Waals surface area contributed by atoms with Gasteiger partial charge in [-0.25, -0.2) is 0 Å². The van der Waals surface area contributed by atoms with Crippen LogP contribution in [0.2, 0.25) is 0 Å². The molecule has 0 bridgehead atoms. The number of nitrogens with zero attached hydrogens (tertiary/aromatic N) is 6. The van der Waals surface area contributed by atoms with Crippen molar-refractivity contribution in [1.29, 1.82) is 0 Å². The first kappa shape index (κ1) is 16.8. The number of piperazine rings is 1. The van der Waals surface area contributed by atoms with E-state index in [1.54, 1.807) is 4.80 Å². The second-order valence-corrected chi connectivity index (χ2v) is 7.97. The first-order valence-corrected chi connectivity index (χ1v) is 9.95. The molecule has 0 spiro atoms. The Hall–Kier alpha value is -1.61. The predicted molar refractivity (Wildman–Crippen MR) is 102 cm³/mol. The highest BCUT2D eigenvalue weighted by Gasteiger charge is 2.18. The standard InChI is InChI=1S/C17H19BrN6S/c18-16-6-2-1-5-15(16)17-19-21-24(20-17)13-23-9-7-22(8-10-23)12-14-4-3-11-25-14/h1-6,11H,7-10,12-13H2. The molecule has 0 unspecified atom stereocenters. The van der Waals surface area contributed by atoms with Crippen LogP contribution in [-0.4, -0.2) is 56.2 Å². The molecule has 8 heteroatoms. The number of aromatic nitrogens is 4. The van der Waals surface area contributed by atoms with Gasteiger partial charge in [-0.1, -0.05) is 34.1 Å². The van der Waals surface area contributed by atoms with Gasteiger partial charge in [0.2, 0.25) is 5.82 Å². The van der Waals surface area contributed by atoms with Crippen molar-refractivity contribution in [1.82, 2.24) is 30.0 Å². The fourth-order valence-electron chi connectivity index (χ4n) is 2.94. The van der Waals surface area contributed by atoms with Gasteiger partial charge in [0.15, 0.2) is 0 Å². The second-order valence-electron chi connectivity index (χ2n) is 6.08. The quantitative estimate of drug-likeness (QED) is 0.637. The molecule has 4 rings (SSSR count). The van der Waals surface area contributed by atoms with Gasteiger partial charge in [0, 0.05) is 47.6 Å². The molecule has 3 aromatic rings. The lowest BCUT2D eigenvalue weighted by atomic mass is 10.2. The fourth-order valence-corrected chi connectivity index (χ4v) is 4.15. The number of hydrogen-bond donors (Lipinski definition) is 0. The lowest BCUT2D eigenvalue weighted by Gasteiger charge is -2.33. The minimum Gasteiger partial charge on any atom is -0.296 e. The van der Waals surface area contributed by atoms with E-state index >= 15 is 0 Å². The molecule has 25 heavy (non-hydrogen) atoms. The predicted octanol–water partition coefficient (Wildman–Crippen LogP) is 2.94. The van der Waals surface area contributed by atoms with Gasteiger partial charge < -0.3 is 0 Å². The Morgan fingerprint density at radius 2 is 1.80 bits per heavy atom. The molecule has 0 saturated carbocycles. The molecular formula is C17H19BrN6S. The number of rotatable bonds is 5. The topological polar surface area (TPSA) is 50.1 Å². The van der Waals surface area contributed by atoms with Crippen LogP contribution in [0.15, 0.2) is 46.3 Å². The maximum absolute atomic E-state index is 4.53. The van der Waals surface area contributed by atoms with E-state index < -0.39 is 0 Å². The highest BCUT2D eigenvalue weighted by molar-refractivity contribution is 9.10.